The van der Waals surface area contributed by atoms with E-state index in [9.17, 15) is 9.59 Å². The molecule has 0 aromatic rings. The van der Waals surface area contributed by atoms with E-state index in [1.807, 2.05) is 0 Å². The maximum absolute atomic E-state index is 13.0. The molecule has 2 amide bonds. The molecule has 31 heavy (non-hydrogen) atoms. The molecule has 2 aliphatic heterocycles. The standard InChI is InChI=1S/C27H46N2O2/c1-17(2)7-6-8-18(3)20-9-10-21-19-15-25(31)29-23-16-28-24(30)12-14-27(23,5)22(19)11-13-26(20,21)4/h17-23H,6-16H2,1-5H3,(H,28,30)(H,29,31)/t18-,19+,20-,21+,22+,23?,26-,27-/m1/s1. The van der Waals surface area contributed by atoms with Crippen molar-refractivity contribution in [3.8, 4) is 0 Å². The van der Waals surface area contributed by atoms with E-state index in [0.29, 0.717) is 42.6 Å². The minimum atomic E-state index is 0.0261. The molecular weight excluding hydrogens is 384 g/mol. The van der Waals surface area contributed by atoms with Gasteiger partial charge in [0, 0.05) is 19.4 Å². The molecule has 2 heterocycles. The summed E-state index contributed by atoms with van der Waals surface area (Å²) in [4.78, 5) is 25.2. The second-order valence-electron chi connectivity index (χ2n) is 12.5. The lowest BCUT2D eigenvalue weighted by Gasteiger charge is -2.54. The highest BCUT2D eigenvalue weighted by molar-refractivity contribution is 5.79. The van der Waals surface area contributed by atoms with E-state index < -0.39 is 0 Å². The van der Waals surface area contributed by atoms with Gasteiger partial charge in [-0.3, -0.25) is 9.59 Å². The molecule has 2 aliphatic carbocycles. The molecule has 4 aliphatic rings. The van der Waals surface area contributed by atoms with E-state index in [1.165, 1.54) is 44.9 Å². The van der Waals surface area contributed by atoms with E-state index in [4.69, 9.17) is 0 Å². The van der Waals surface area contributed by atoms with E-state index in [-0.39, 0.29) is 23.3 Å². The summed E-state index contributed by atoms with van der Waals surface area (Å²) in [6, 6.07) is 0.0814. The molecule has 2 saturated carbocycles. The molecule has 1 unspecified atom stereocenters. The Morgan fingerprint density at radius 1 is 0.935 bits per heavy atom. The van der Waals surface area contributed by atoms with Crippen molar-refractivity contribution in [2.24, 2.45) is 46.3 Å². The molecule has 0 aromatic heterocycles. The fourth-order valence-corrected chi connectivity index (χ4v) is 8.64. The number of rotatable bonds is 5. The van der Waals surface area contributed by atoms with Gasteiger partial charge in [0.1, 0.15) is 0 Å². The zero-order chi connectivity index (χ0) is 22.4. The third-order valence-electron chi connectivity index (χ3n) is 10.4. The Bertz CT molecular complexity index is 691. The van der Waals surface area contributed by atoms with Crippen LogP contribution in [0.25, 0.3) is 0 Å². The van der Waals surface area contributed by atoms with E-state index in [1.54, 1.807) is 0 Å². The fraction of sp³-hybridized carbons (Fsp3) is 0.926. The van der Waals surface area contributed by atoms with Gasteiger partial charge < -0.3 is 10.6 Å². The molecule has 2 saturated heterocycles. The van der Waals surface area contributed by atoms with E-state index >= 15 is 0 Å². The third-order valence-corrected chi connectivity index (χ3v) is 10.4. The number of amides is 2. The van der Waals surface area contributed by atoms with Crippen molar-refractivity contribution in [2.45, 2.75) is 105 Å². The summed E-state index contributed by atoms with van der Waals surface area (Å²) in [7, 11) is 0. The molecule has 0 bridgehead atoms. The zero-order valence-electron chi connectivity index (χ0n) is 20.6. The van der Waals surface area contributed by atoms with Crippen LogP contribution in [0.5, 0.6) is 0 Å². The summed E-state index contributed by atoms with van der Waals surface area (Å²) in [5.74, 6) is 4.46. The van der Waals surface area contributed by atoms with Gasteiger partial charge in [-0.2, -0.15) is 0 Å². The third kappa shape index (κ3) is 4.17. The first-order valence-electron chi connectivity index (χ1n) is 13.2. The maximum Gasteiger partial charge on any atom is 0.220 e. The number of nitrogens with one attached hydrogen (secondary N) is 2. The van der Waals surface area contributed by atoms with Gasteiger partial charge in [-0.25, -0.2) is 0 Å². The summed E-state index contributed by atoms with van der Waals surface area (Å²) >= 11 is 0. The molecule has 4 rings (SSSR count). The van der Waals surface area contributed by atoms with Gasteiger partial charge in [-0.1, -0.05) is 53.9 Å². The van der Waals surface area contributed by atoms with Crippen molar-refractivity contribution in [1.29, 1.82) is 0 Å². The molecule has 4 nitrogen and oxygen atoms in total. The lowest BCUT2D eigenvalue weighted by Crippen LogP contribution is -2.53. The van der Waals surface area contributed by atoms with Crippen LogP contribution in [0.1, 0.15) is 98.8 Å². The van der Waals surface area contributed by atoms with Gasteiger partial charge in [0.25, 0.3) is 0 Å². The van der Waals surface area contributed by atoms with Gasteiger partial charge >= 0.3 is 0 Å². The number of hydrogen-bond donors (Lipinski definition) is 2. The summed E-state index contributed by atoms with van der Waals surface area (Å²) in [5.41, 5.74) is 0.409. The quantitative estimate of drug-likeness (QED) is 0.621. The summed E-state index contributed by atoms with van der Waals surface area (Å²) in [6.07, 6.45) is 11.4. The zero-order valence-corrected chi connectivity index (χ0v) is 20.6. The van der Waals surface area contributed by atoms with Gasteiger partial charge in [-0.15, -0.1) is 0 Å². The number of carbonyl (C=O) groups is 2. The first-order chi connectivity index (χ1) is 14.6. The van der Waals surface area contributed by atoms with Crippen LogP contribution in [0.3, 0.4) is 0 Å². The molecule has 0 aromatic carbocycles. The van der Waals surface area contributed by atoms with Gasteiger partial charge in [-0.05, 0) is 78.4 Å². The van der Waals surface area contributed by atoms with E-state index in [0.717, 1.165) is 24.2 Å². The topological polar surface area (TPSA) is 58.2 Å². The van der Waals surface area contributed by atoms with Crippen molar-refractivity contribution in [1.82, 2.24) is 10.6 Å². The highest BCUT2D eigenvalue weighted by Crippen LogP contribution is 2.65. The van der Waals surface area contributed by atoms with Gasteiger partial charge in [0.2, 0.25) is 11.8 Å². The molecule has 4 fully saturated rings. The smallest absolute Gasteiger partial charge is 0.220 e. The number of hydrogen-bond acceptors (Lipinski definition) is 2. The predicted octanol–water partition coefficient (Wildman–Crippen LogP) is 5.31. The fourth-order valence-electron chi connectivity index (χ4n) is 8.64. The number of carbonyl (C=O) groups excluding carboxylic acids is 2. The van der Waals surface area contributed by atoms with E-state index in [2.05, 4.69) is 45.3 Å². The molecule has 4 heteroatoms. The second-order valence-corrected chi connectivity index (χ2v) is 12.5. The Labute approximate surface area is 190 Å². The highest BCUT2D eigenvalue weighted by Gasteiger charge is 2.60. The Morgan fingerprint density at radius 3 is 2.42 bits per heavy atom. The lowest BCUT2D eigenvalue weighted by molar-refractivity contribution is -0.124. The molecule has 0 spiro atoms. The summed E-state index contributed by atoms with van der Waals surface area (Å²) in [6.45, 7) is 12.7. The Balaban J connectivity index is 1.55. The average Bonchev–Trinajstić information content (AvgIpc) is 2.93. The minimum absolute atomic E-state index is 0.0261. The molecule has 2 N–H and O–H groups in total. The second kappa shape index (κ2) is 8.71. The predicted molar refractivity (Wildman–Crippen MR) is 125 cm³/mol. The molecule has 176 valence electrons. The lowest BCUT2D eigenvalue weighted by atomic mass is 9.50. The maximum atomic E-state index is 13.0. The SMILES string of the molecule is CC(C)CCC[C@@H](C)[C@H]1CC[C@H]2[C@@H]3CC(=O)NC4CNC(=O)CC[C@]4(C)[C@H]3CC[C@]12C. The van der Waals surface area contributed by atoms with Crippen LogP contribution in [0.15, 0.2) is 0 Å². The van der Waals surface area contributed by atoms with Crippen LogP contribution in [-0.4, -0.2) is 24.4 Å². The van der Waals surface area contributed by atoms with Crippen molar-refractivity contribution >= 4 is 11.8 Å². The van der Waals surface area contributed by atoms with Crippen LogP contribution in [0, 0.1) is 46.3 Å². The van der Waals surface area contributed by atoms with Crippen molar-refractivity contribution in [2.75, 3.05) is 6.54 Å². The molecular formula is C27H46N2O2. The minimum Gasteiger partial charge on any atom is -0.354 e. The Hall–Kier alpha value is -1.06. The van der Waals surface area contributed by atoms with Crippen LogP contribution < -0.4 is 10.6 Å². The summed E-state index contributed by atoms with van der Waals surface area (Å²) < 4.78 is 0. The van der Waals surface area contributed by atoms with Gasteiger partial charge in [0.15, 0.2) is 0 Å². The summed E-state index contributed by atoms with van der Waals surface area (Å²) in [5, 5.41) is 6.41. The first kappa shape index (κ1) is 23.1. The van der Waals surface area contributed by atoms with Crippen LogP contribution in [0.2, 0.25) is 0 Å². The van der Waals surface area contributed by atoms with Gasteiger partial charge in [0.05, 0.1) is 6.04 Å². The molecule has 8 atom stereocenters. The normalized spacial score (nSPS) is 43.7. The van der Waals surface area contributed by atoms with Crippen LogP contribution in [0.4, 0.5) is 0 Å². The van der Waals surface area contributed by atoms with Crippen LogP contribution >= 0.6 is 0 Å². The Kier molecular flexibility index (Phi) is 6.49. The average molecular weight is 431 g/mol. The van der Waals surface area contributed by atoms with Crippen LogP contribution in [-0.2, 0) is 9.59 Å². The van der Waals surface area contributed by atoms with Crippen molar-refractivity contribution in [3.05, 3.63) is 0 Å². The highest BCUT2D eigenvalue weighted by atomic mass is 16.2. The number of fused-ring (bicyclic) bond motifs is 5. The first-order valence-corrected chi connectivity index (χ1v) is 13.2. The van der Waals surface area contributed by atoms with Crippen molar-refractivity contribution < 1.29 is 9.59 Å². The van der Waals surface area contributed by atoms with Crippen molar-refractivity contribution in [3.63, 3.8) is 0 Å². The molecule has 0 radical (unpaired) electrons. The largest absolute Gasteiger partial charge is 0.354 e. The monoisotopic (exact) mass is 430 g/mol. The Morgan fingerprint density at radius 2 is 1.68 bits per heavy atom.